The van der Waals surface area contributed by atoms with E-state index in [9.17, 15) is 13.2 Å². The van der Waals surface area contributed by atoms with Crippen LogP contribution in [0.1, 0.15) is 32.3 Å². The zero-order valence-electron chi connectivity index (χ0n) is 16.7. The predicted molar refractivity (Wildman–Crippen MR) is 114 cm³/mol. The van der Waals surface area contributed by atoms with E-state index in [1.807, 2.05) is 12.1 Å². The normalized spacial score (nSPS) is 15.2. The number of anilines is 1. The first-order valence-electron chi connectivity index (χ1n) is 9.54. The molecule has 0 heterocycles. The van der Waals surface area contributed by atoms with E-state index in [-0.39, 0.29) is 10.8 Å². The van der Waals surface area contributed by atoms with Gasteiger partial charge in [0.2, 0.25) is 15.9 Å². The maximum atomic E-state index is 13.1. The van der Waals surface area contributed by atoms with Crippen LogP contribution in [0.3, 0.4) is 0 Å². The second-order valence-corrected chi connectivity index (χ2v) is 9.37. The van der Waals surface area contributed by atoms with Gasteiger partial charge in [-0.25, -0.2) is 8.42 Å². The summed E-state index contributed by atoms with van der Waals surface area (Å²) in [6.07, 6.45) is 1.41. The molecule has 29 heavy (non-hydrogen) atoms. The molecule has 0 saturated heterocycles. The van der Waals surface area contributed by atoms with E-state index in [1.54, 1.807) is 32.0 Å². The number of nitrogens with zero attached hydrogens (tertiary/aromatic N) is 1. The smallest absolute Gasteiger partial charge is 0.243 e. The molecule has 0 unspecified atom stereocenters. The molecule has 0 bridgehead atoms. The third kappa shape index (κ3) is 4.13. The summed E-state index contributed by atoms with van der Waals surface area (Å²) in [4.78, 5) is 13.2. The number of rotatable bonds is 8. The van der Waals surface area contributed by atoms with Crippen LogP contribution in [0, 0.1) is 0 Å². The van der Waals surface area contributed by atoms with Gasteiger partial charge in [0.25, 0.3) is 0 Å². The molecule has 1 N–H and O–H groups in total. The molecule has 0 atom stereocenters. The third-order valence-corrected chi connectivity index (χ3v) is 7.61. The Hall–Kier alpha value is -2.09. The van der Waals surface area contributed by atoms with Crippen LogP contribution in [0.15, 0.2) is 47.4 Å². The van der Waals surface area contributed by atoms with Gasteiger partial charge in [-0.15, -0.1) is 0 Å². The Kier molecular flexibility index (Phi) is 6.22. The highest BCUT2D eigenvalue weighted by atomic mass is 35.5. The summed E-state index contributed by atoms with van der Waals surface area (Å²) in [6, 6.07) is 11.8. The van der Waals surface area contributed by atoms with Gasteiger partial charge in [-0.1, -0.05) is 37.6 Å². The van der Waals surface area contributed by atoms with Crippen LogP contribution in [0.2, 0.25) is 5.02 Å². The van der Waals surface area contributed by atoms with E-state index in [0.29, 0.717) is 42.4 Å². The van der Waals surface area contributed by atoms with E-state index in [2.05, 4.69) is 5.32 Å². The minimum absolute atomic E-state index is 0.116. The number of hydrogen-bond acceptors (Lipinski definition) is 4. The molecule has 0 spiro atoms. The van der Waals surface area contributed by atoms with Gasteiger partial charge in [-0.3, -0.25) is 4.79 Å². The number of amides is 1. The molecular weight excluding hydrogens is 412 g/mol. The first kappa shape index (κ1) is 21.6. The number of carbonyl (C=O) groups excluding carboxylic acids is 1. The van der Waals surface area contributed by atoms with Crippen LogP contribution in [0.4, 0.5) is 5.69 Å². The minimum Gasteiger partial charge on any atom is -0.495 e. The Morgan fingerprint density at radius 2 is 1.86 bits per heavy atom. The molecule has 0 radical (unpaired) electrons. The molecule has 1 saturated carbocycles. The molecule has 2 aromatic carbocycles. The fourth-order valence-corrected chi connectivity index (χ4v) is 5.13. The van der Waals surface area contributed by atoms with Crippen molar-refractivity contribution < 1.29 is 17.9 Å². The zero-order valence-corrected chi connectivity index (χ0v) is 18.3. The highest BCUT2D eigenvalue weighted by Crippen LogP contribution is 2.49. The SMILES string of the molecule is CCN(CC)S(=O)(=O)c1ccc(OC)c(NC(=O)C2(c3cccc(Cl)c3)CC2)c1. The number of nitrogens with one attached hydrogen (secondary N) is 1. The number of benzene rings is 2. The molecule has 1 aliphatic rings. The van der Waals surface area contributed by atoms with E-state index in [1.165, 1.54) is 23.5 Å². The first-order chi connectivity index (χ1) is 13.8. The molecule has 1 aliphatic carbocycles. The van der Waals surface area contributed by atoms with Gasteiger partial charge < -0.3 is 10.1 Å². The molecule has 156 valence electrons. The molecule has 3 rings (SSSR count). The lowest BCUT2D eigenvalue weighted by Gasteiger charge is -2.21. The molecule has 2 aromatic rings. The fraction of sp³-hybridized carbons (Fsp3) is 0.381. The fourth-order valence-electron chi connectivity index (χ4n) is 3.46. The molecule has 1 amide bonds. The average molecular weight is 437 g/mol. The summed E-state index contributed by atoms with van der Waals surface area (Å²) in [5.74, 6) is 0.203. The lowest BCUT2D eigenvalue weighted by molar-refractivity contribution is -0.118. The minimum atomic E-state index is -3.65. The van der Waals surface area contributed by atoms with Crippen molar-refractivity contribution in [3.8, 4) is 5.75 Å². The van der Waals surface area contributed by atoms with Gasteiger partial charge in [0, 0.05) is 18.1 Å². The van der Waals surface area contributed by atoms with Gasteiger partial charge in [0.05, 0.1) is 23.1 Å². The lowest BCUT2D eigenvalue weighted by atomic mass is 9.95. The van der Waals surface area contributed by atoms with Crippen molar-refractivity contribution >= 4 is 33.2 Å². The highest BCUT2D eigenvalue weighted by Gasteiger charge is 2.51. The van der Waals surface area contributed by atoms with E-state index in [4.69, 9.17) is 16.3 Å². The molecule has 1 fully saturated rings. The Balaban J connectivity index is 1.93. The van der Waals surface area contributed by atoms with Crippen molar-refractivity contribution in [1.29, 1.82) is 0 Å². The molecular formula is C21H25ClN2O4S. The Labute approximate surface area is 176 Å². The van der Waals surface area contributed by atoms with Gasteiger partial charge in [-0.2, -0.15) is 4.31 Å². The van der Waals surface area contributed by atoms with Crippen LogP contribution in [0.25, 0.3) is 0 Å². The summed E-state index contributed by atoms with van der Waals surface area (Å²) in [7, 11) is -2.17. The van der Waals surface area contributed by atoms with E-state index in [0.717, 1.165) is 5.56 Å². The summed E-state index contributed by atoms with van der Waals surface area (Å²) in [5, 5.41) is 3.46. The number of ether oxygens (including phenoxy) is 1. The maximum Gasteiger partial charge on any atom is 0.243 e. The number of methoxy groups -OCH3 is 1. The van der Waals surface area contributed by atoms with Crippen molar-refractivity contribution in [3.05, 3.63) is 53.1 Å². The Bertz CT molecular complexity index is 1020. The van der Waals surface area contributed by atoms with Crippen molar-refractivity contribution in [2.45, 2.75) is 37.0 Å². The summed E-state index contributed by atoms with van der Waals surface area (Å²) >= 11 is 6.10. The molecule has 6 nitrogen and oxygen atoms in total. The summed E-state index contributed by atoms with van der Waals surface area (Å²) in [5.41, 5.74) is 0.538. The lowest BCUT2D eigenvalue weighted by Crippen LogP contribution is -2.31. The van der Waals surface area contributed by atoms with E-state index < -0.39 is 15.4 Å². The maximum absolute atomic E-state index is 13.1. The summed E-state index contributed by atoms with van der Waals surface area (Å²) < 4.78 is 32.4. The molecule has 8 heteroatoms. The summed E-state index contributed by atoms with van der Waals surface area (Å²) in [6.45, 7) is 4.30. The van der Waals surface area contributed by atoms with Crippen molar-refractivity contribution in [2.75, 3.05) is 25.5 Å². The largest absolute Gasteiger partial charge is 0.495 e. The standard InChI is InChI=1S/C21H25ClN2O4S/c1-4-24(5-2)29(26,27)17-9-10-19(28-3)18(14-17)23-20(25)21(11-12-21)15-7-6-8-16(22)13-15/h6-10,13-14H,4-5,11-12H2,1-3H3,(H,23,25). The second-order valence-electron chi connectivity index (χ2n) is 7.00. The monoisotopic (exact) mass is 436 g/mol. The predicted octanol–water partition coefficient (Wildman–Crippen LogP) is 4.05. The van der Waals surface area contributed by atoms with Crippen LogP contribution in [0.5, 0.6) is 5.75 Å². The Morgan fingerprint density at radius 1 is 1.17 bits per heavy atom. The van der Waals surface area contributed by atoms with Crippen LogP contribution < -0.4 is 10.1 Å². The van der Waals surface area contributed by atoms with Crippen LogP contribution >= 0.6 is 11.6 Å². The first-order valence-corrected chi connectivity index (χ1v) is 11.4. The Morgan fingerprint density at radius 3 is 2.41 bits per heavy atom. The van der Waals surface area contributed by atoms with Gasteiger partial charge in [0.1, 0.15) is 5.75 Å². The molecule has 0 aliphatic heterocycles. The van der Waals surface area contributed by atoms with Gasteiger partial charge in [0.15, 0.2) is 0 Å². The topological polar surface area (TPSA) is 75.7 Å². The quantitative estimate of drug-likeness (QED) is 0.677. The zero-order chi connectivity index (χ0) is 21.2. The number of halogens is 1. The number of hydrogen-bond donors (Lipinski definition) is 1. The highest BCUT2D eigenvalue weighted by molar-refractivity contribution is 7.89. The van der Waals surface area contributed by atoms with Crippen molar-refractivity contribution in [2.24, 2.45) is 0 Å². The van der Waals surface area contributed by atoms with Crippen LogP contribution in [-0.4, -0.2) is 38.8 Å². The average Bonchev–Trinajstić information content (AvgIpc) is 3.51. The second kappa shape index (κ2) is 8.34. The van der Waals surface area contributed by atoms with Crippen molar-refractivity contribution in [3.63, 3.8) is 0 Å². The number of carbonyl (C=O) groups is 1. The van der Waals surface area contributed by atoms with Crippen molar-refractivity contribution in [1.82, 2.24) is 4.31 Å². The van der Waals surface area contributed by atoms with Gasteiger partial charge in [-0.05, 0) is 48.7 Å². The number of sulfonamides is 1. The van der Waals surface area contributed by atoms with Gasteiger partial charge >= 0.3 is 0 Å². The van der Waals surface area contributed by atoms with E-state index >= 15 is 0 Å². The molecule has 0 aromatic heterocycles. The third-order valence-electron chi connectivity index (χ3n) is 5.32. The van der Waals surface area contributed by atoms with Crippen LogP contribution in [-0.2, 0) is 20.2 Å².